The van der Waals surface area contributed by atoms with Crippen molar-refractivity contribution in [1.82, 2.24) is 4.90 Å². The van der Waals surface area contributed by atoms with E-state index in [9.17, 15) is 26.7 Å². The number of para-hydroxylation sites is 2. The molecule has 2 bridgehead atoms. The summed E-state index contributed by atoms with van der Waals surface area (Å²) in [7, 11) is -8.33. The molecule has 0 amide bonds. The molecule has 0 aliphatic carbocycles. The first-order chi connectivity index (χ1) is 20.5. The van der Waals surface area contributed by atoms with E-state index in [1.54, 1.807) is 102 Å². The molecule has 0 aromatic heterocycles. The van der Waals surface area contributed by atoms with Gasteiger partial charge in [0.25, 0.3) is 20.0 Å². The average molecular weight is 618 g/mol. The molecule has 0 unspecified atom stereocenters. The molecule has 222 valence electrons. The lowest BCUT2D eigenvalue weighted by Crippen LogP contribution is -2.59. The first kappa shape index (κ1) is 28.9. The summed E-state index contributed by atoms with van der Waals surface area (Å²) in [4.78, 5) is 13.5. The van der Waals surface area contributed by atoms with Gasteiger partial charge in [0.15, 0.2) is 0 Å². The van der Waals surface area contributed by atoms with Crippen molar-refractivity contribution in [3.05, 3.63) is 119 Å². The Kier molecular flexibility index (Phi) is 7.27. The number of carbonyl (C=O) groups is 1. The second-order valence-electron chi connectivity index (χ2n) is 10.8. The number of carboxylic acids is 1. The minimum atomic E-state index is -4.16. The van der Waals surface area contributed by atoms with Crippen LogP contribution in [0.2, 0.25) is 0 Å². The Morgan fingerprint density at radius 3 is 1.44 bits per heavy atom. The first-order valence-electron chi connectivity index (χ1n) is 13.9. The summed E-state index contributed by atoms with van der Waals surface area (Å²) in [5.74, 6) is -0.990. The smallest absolute Gasteiger partial charge is 0.303 e. The fraction of sp³-hybridized carbons (Fsp3) is 0.219. The van der Waals surface area contributed by atoms with E-state index in [-0.39, 0.29) is 29.2 Å². The number of rotatable bonds is 8. The molecule has 2 heterocycles. The van der Waals surface area contributed by atoms with E-state index in [4.69, 9.17) is 0 Å². The zero-order chi connectivity index (χ0) is 30.5. The molecule has 43 heavy (non-hydrogen) atoms. The van der Waals surface area contributed by atoms with Crippen molar-refractivity contribution in [3.63, 3.8) is 0 Å². The van der Waals surface area contributed by atoms with E-state index in [2.05, 4.69) is 0 Å². The van der Waals surface area contributed by atoms with Crippen molar-refractivity contribution in [2.24, 2.45) is 0 Å². The Hall–Kier alpha value is -4.19. The highest BCUT2D eigenvalue weighted by atomic mass is 32.2. The van der Waals surface area contributed by atoms with Crippen LogP contribution in [0.1, 0.15) is 47.4 Å². The van der Waals surface area contributed by atoms with Crippen LogP contribution in [-0.4, -0.2) is 39.4 Å². The van der Waals surface area contributed by atoms with E-state index in [1.165, 1.54) is 8.61 Å². The molecule has 0 saturated heterocycles. The molecule has 11 heteroatoms. The Balaban J connectivity index is 1.63. The van der Waals surface area contributed by atoms with Crippen molar-refractivity contribution < 1.29 is 26.7 Å². The number of benzene rings is 4. The summed E-state index contributed by atoms with van der Waals surface area (Å²) in [5.41, 5.74) is 3.52. The Labute approximate surface area is 251 Å². The van der Waals surface area contributed by atoms with E-state index in [0.717, 1.165) is 11.1 Å². The number of fused-ring (bicyclic) bond motifs is 6. The fourth-order valence-electron chi connectivity index (χ4n) is 5.92. The average Bonchev–Trinajstić information content (AvgIpc) is 2.97. The maximum absolute atomic E-state index is 14.5. The molecule has 1 N–H and O–H groups in total. The standard InChI is InChI=1S/C32H31N3O6S2/c1-22-13-17-24(18-14-22)42(38,39)34-28-10-5-3-8-26(28)32-33(21-7-12-30(36)37)31(34)27-9-4-6-11-29(27)35(32)43(40,41)25-19-15-23(2)16-20-25/h3-6,8-11,13-20,31-32H,7,12,21H2,1-2H3,(H,36,37)/t31-,32-/m0/s1. The maximum atomic E-state index is 14.5. The van der Waals surface area contributed by atoms with Crippen LogP contribution >= 0.6 is 0 Å². The van der Waals surface area contributed by atoms with Crippen LogP contribution in [0.5, 0.6) is 0 Å². The van der Waals surface area contributed by atoms with Crippen LogP contribution in [0.25, 0.3) is 0 Å². The monoisotopic (exact) mass is 617 g/mol. The zero-order valence-electron chi connectivity index (χ0n) is 23.7. The minimum Gasteiger partial charge on any atom is -0.481 e. The molecule has 0 saturated carbocycles. The van der Waals surface area contributed by atoms with Gasteiger partial charge in [-0.1, -0.05) is 71.8 Å². The Morgan fingerprint density at radius 2 is 1.05 bits per heavy atom. The summed E-state index contributed by atoms with van der Waals surface area (Å²) >= 11 is 0. The number of anilines is 2. The van der Waals surface area contributed by atoms with E-state index < -0.39 is 38.3 Å². The van der Waals surface area contributed by atoms with Gasteiger partial charge < -0.3 is 5.11 Å². The van der Waals surface area contributed by atoms with Crippen molar-refractivity contribution in [3.8, 4) is 0 Å². The van der Waals surface area contributed by atoms with Gasteiger partial charge in [0.05, 0.1) is 21.2 Å². The van der Waals surface area contributed by atoms with Crippen LogP contribution in [-0.2, 0) is 24.8 Å². The molecule has 0 spiro atoms. The van der Waals surface area contributed by atoms with Crippen molar-refractivity contribution >= 4 is 37.4 Å². The Morgan fingerprint density at radius 1 is 0.651 bits per heavy atom. The summed E-state index contributed by atoms with van der Waals surface area (Å²) in [6.45, 7) is 3.88. The molecule has 6 rings (SSSR count). The third-order valence-electron chi connectivity index (χ3n) is 7.94. The minimum absolute atomic E-state index is 0.101. The molecule has 2 aliphatic heterocycles. The predicted octanol–water partition coefficient (Wildman–Crippen LogP) is 5.59. The highest BCUT2D eigenvalue weighted by molar-refractivity contribution is 7.93. The normalized spacial score (nSPS) is 18.2. The van der Waals surface area contributed by atoms with Gasteiger partial charge in [0.2, 0.25) is 0 Å². The van der Waals surface area contributed by atoms with Gasteiger partial charge in [0.1, 0.15) is 12.3 Å². The van der Waals surface area contributed by atoms with Gasteiger partial charge in [-0.2, -0.15) is 0 Å². The topological polar surface area (TPSA) is 115 Å². The predicted molar refractivity (Wildman–Crippen MR) is 164 cm³/mol. The number of aliphatic carboxylic acids is 1. The molecule has 2 aliphatic rings. The van der Waals surface area contributed by atoms with Gasteiger partial charge in [-0.15, -0.1) is 0 Å². The lowest BCUT2D eigenvalue weighted by molar-refractivity contribution is -0.137. The third-order valence-corrected chi connectivity index (χ3v) is 11.5. The first-order valence-corrected chi connectivity index (χ1v) is 16.8. The van der Waals surface area contributed by atoms with Gasteiger partial charge in [-0.25, -0.2) is 25.4 Å². The molecular weight excluding hydrogens is 587 g/mol. The number of carboxylic acid groups (broad SMARTS) is 1. The molecule has 2 atom stereocenters. The lowest BCUT2D eigenvalue weighted by Gasteiger charge is -2.56. The van der Waals surface area contributed by atoms with Crippen LogP contribution < -0.4 is 8.61 Å². The second-order valence-corrected chi connectivity index (χ2v) is 14.5. The number of sulfonamides is 2. The van der Waals surface area contributed by atoms with Crippen molar-refractivity contribution in [2.75, 3.05) is 15.2 Å². The van der Waals surface area contributed by atoms with Crippen molar-refractivity contribution in [1.29, 1.82) is 0 Å². The molecule has 9 nitrogen and oxygen atoms in total. The Bertz CT molecular complexity index is 1780. The van der Waals surface area contributed by atoms with Crippen LogP contribution in [0.4, 0.5) is 11.4 Å². The summed E-state index contributed by atoms with van der Waals surface area (Å²) in [5, 5.41) is 9.43. The number of hydrogen-bond acceptors (Lipinski definition) is 6. The quantitative estimate of drug-likeness (QED) is 0.274. The molecular formula is C32H31N3O6S2. The maximum Gasteiger partial charge on any atom is 0.303 e. The summed E-state index contributed by atoms with van der Waals surface area (Å²) in [6.07, 6.45) is -1.83. The van der Waals surface area contributed by atoms with E-state index >= 15 is 0 Å². The zero-order valence-corrected chi connectivity index (χ0v) is 25.3. The van der Waals surface area contributed by atoms with Gasteiger partial charge in [0, 0.05) is 24.1 Å². The van der Waals surface area contributed by atoms with E-state index in [0.29, 0.717) is 22.5 Å². The summed E-state index contributed by atoms with van der Waals surface area (Å²) < 4.78 is 60.7. The number of hydrogen-bond donors (Lipinski definition) is 1. The van der Waals surface area contributed by atoms with E-state index in [1.807, 2.05) is 13.8 Å². The largest absolute Gasteiger partial charge is 0.481 e. The lowest BCUT2D eigenvalue weighted by atomic mass is 9.95. The molecule has 4 aromatic rings. The van der Waals surface area contributed by atoms with Gasteiger partial charge >= 0.3 is 5.97 Å². The third kappa shape index (κ3) is 4.87. The van der Waals surface area contributed by atoms with Crippen molar-refractivity contribution in [2.45, 2.75) is 48.8 Å². The van der Waals surface area contributed by atoms with Gasteiger partial charge in [-0.05, 0) is 56.7 Å². The molecule has 0 fully saturated rings. The second kappa shape index (κ2) is 10.8. The summed E-state index contributed by atoms with van der Waals surface area (Å²) in [6, 6.07) is 27.1. The van der Waals surface area contributed by atoms with Crippen LogP contribution in [0.3, 0.4) is 0 Å². The highest BCUT2D eigenvalue weighted by Crippen LogP contribution is 2.56. The number of nitrogens with zero attached hydrogens (tertiary/aromatic N) is 3. The van der Waals surface area contributed by atoms with Gasteiger partial charge in [-0.3, -0.25) is 9.69 Å². The van der Waals surface area contributed by atoms with Crippen LogP contribution in [0, 0.1) is 13.8 Å². The van der Waals surface area contributed by atoms with Crippen LogP contribution in [0.15, 0.2) is 107 Å². The fourth-order valence-corrected chi connectivity index (χ4v) is 9.18. The number of aryl methyl sites for hydroxylation is 2. The highest BCUT2D eigenvalue weighted by Gasteiger charge is 2.54. The molecule has 4 aromatic carbocycles. The molecule has 0 radical (unpaired) electrons. The SMILES string of the molecule is Cc1ccc(S(=O)(=O)N2c3ccccc3[C@H]3N(CCCC(=O)O)[C@@H]2c2ccccc2N3S(=O)(=O)c2ccc(C)cc2)cc1.